The summed E-state index contributed by atoms with van der Waals surface area (Å²) in [6.45, 7) is 3.44. The summed E-state index contributed by atoms with van der Waals surface area (Å²) < 4.78 is 4.90. The second kappa shape index (κ2) is 7.09. The molecule has 6 nitrogen and oxygen atoms in total. The Bertz CT molecular complexity index is 926. The third kappa shape index (κ3) is 4.13. The zero-order chi connectivity index (χ0) is 19.2. The van der Waals surface area contributed by atoms with E-state index in [9.17, 15) is 9.90 Å². The zero-order valence-corrected chi connectivity index (χ0v) is 17.1. The number of rotatable bonds is 4. The number of anilines is 1. The lowest BCUT2D eigenvalue weighted by atomic mass is 10.0. The largest absolute Gasteiger partial charge is 0.386 e. The van der Waals surface area contributed by atoms with Crippen LogP contribution in [0.4, 0.5) is 10.5 Å². The molecule has 2 aromatic rings. The molecule has 2 amide bonds. The van der Waals surface area contributed by atoms with Crippen LogP contribution < -0.4 is 10.5 Å². The minimum absolute atomic E-state index is 0.430. The second-order valence-corrected chi connectivity index (χ2v) is 10.1. The summed E-state index contributed by atoms with van der Waals surface area (Å²) in [5.74, 6) is 0.541. The first kappa shape index (κ1) is 18.7. The van der Waals surface area contributed by atoms with Crippen LogP contribution in [0.25, 0.3) is 0 Å². The molecule has 4 rings (SSSR count). The lowest BCUT2D eigenvalue weighted by Gasteiger charge is -2.14. The van der Waals surface area contributed by atoms with Crippen LogP contribution in [0.15, 0.2) is 26.1 Å². The van der Waals surface area contributed by atoms with E-state index in [0.29, 0.717) is 5.92 Å². The number of carbonyl (C=O) groups is 1. The average Bonchev–Trinajstić information content (AvgIpc) is 3.11. The smallest absolute Gasteiger partial charge is 0.352 e. The van der Waals surface area contributed by atoms with Crippen molar-refractivity contribution < 1.29 is 9.90 Å². The van der Waals surface area contributed by atoms with E-state index in [1.54, 1.807) is 13.8 Å². The van der Waals surface area contributed by atoms with Crippen LogP contribution in [0.5, 0.6) is 0 Å². The van der Waals surface area contributed by atoms with Gasteiger partial charge < -0.3 is 10.4 Å². The number of aryl methyl sites for hydroxylation is 1. The number of hydrogen-bond acceptors (Lipinski definition) is 4. The predicted molar refractivity (Wildman–Crippen MR) is 109 cm³/mol. The van der Waals surface area contributed by atoms with Gasteiger partial charge in [0, 0.05) is 33.9 Å². The maximum atomic E-state index is 12.5. The molecule has 1 fully saturated rings. The Morgan fingerprint density at radius 1 is 1.41 bits per heavy atom. The van der Waals surface area contributed by atoms with Gasteiger partial charge in [0.1, 0.15) is 0 Å². The van der Waals surface area contributed by atoms with Gasteiger partial charge in [-0.2, -0.15) is 4.36 Å². The first-order valence-electron chi connectivity index (χ1n) is 9.17. The monoisotopic (exact) mass is 404 g/mol. The highest BCUT2D eigenvalue weighted by atomic mass is 32.2. The molecule has 2 heterocycles. The predicted octanol–water partition coefficient (Wildman–Crippen LogP) is 4.00. The Hall–Kier alpha value is -1.61. The van der Waals surface area contributed by atoms with E-state index >= 15 is 0 Å². The lowest BCUT2D eigenvalue weighted by molar-refractivity contribution is 0.0789. The standard InChI is InChI=1S/C19H24N4O2S2/c1-19(2,25)12-8-17(26-10-12)27(20)23-18(24)22-16-9-15(11-6-7-11)21-14-5-3-4-13(14)16/h8-11,25H,3-7H2,1-2H3,(H3,20,21,22,23,24). The number of pyridine rings is 1. The molecule has 2 aliphatic rings. The molecule has 1 unspecified atom stereocenters. The number of aliphatic hydroxyl groups is 1. The number of hydrogen-bond donors (Lipinski definition) is 3. The normalized spacial score (nSPS) is 17.8. The van der Waals surface area contributed by atoms with Crippen LogP contribution in [-0.4, -0.2) is 16.1 Å². The Morgan fingerprint density at radius 3 is 2.85 bits per heavy atom. The third-order valence-electron chi connectivity index (χ3n) is 4.98. The first-order chi connectivity index (χ1) is 12.8. The molecule has 4 N–H and O–H groups in total. The van der Waals surface area contributed by atoms with Crippen molar-refractivity contribution in [2.24, 2.45) is 9.50 Å². The highest BCUT2D eigenvalue weighted by Gasteiger charge is 2.28. The quantitative estimate of drug-likeness (QED) is 0.717. The number of nitrogens with one attached hydrogen (secondary N) is 1. The van der Waals surface area contributed by atoms with Crippen LogP contribution in [-0.2, 0) is 29.3 Å². The summed E-state index contributed by atoms with van der Waals surface area (Å²) in [4.78, 5) is 17.3. The molecule has 8 heteroatoms. The van der Waals surface area contributed by atoms with Gasteiger partial charge in [0.05, 0.1) is 9.81 Å². The topological polar surface area (TPSA) is 101 Å². The van der Waals surface area contributed by atoms with E-state index in [1.165, 1.54) is 24.2 Å². The molecule has 2 aliphatic carbocycles. The SMILES string of the molecule is CC(C)(O)c1csc(S(N)=NC(=O)Nc2cc(C3CC3)nc3c2CCC3)c1. The minimum atomic E-state index is -1.05. The molecule has 0 radical (unpaired) electrons. The zero-order valence-electron chi connectivity index (χ0n) is 15.5. The molecule has 27 heavy (non-hydrogen) atoms. The summed E-state index contributed by atoms with van der Waals surface area (Å²) in [7, 11) is -1.05. The van der Waals surface area contributed by atoms with Crippen molar-refractivity contribution in [3.63, 3.8) is 0 Å². The molecule has 0 saturated heterocycles. The van der Waals surface area contributed by atoms with Gasteiger partial charge in [-0.15, -0.1) is 11.3 Å². The van der Waals surface area contributed by atoms with E-state index < -0.39 is 22.5 Å². The van der Waals surface area contributed by atoms with E-state index in [-0.39, 0.29) is 0 Å². The molecule has 2 aromatic heterocycles. The van der Waals surface area contributed by atoms with Crippen molar-refractivity contribution in [1.82, 2.24) is 4.98 Å². The van der Waals surface area contributed by atoms with Crippen LogP contribution in [0, 0.1) is 0 Å². The van der Waals surface area contributed by atoms with Crippen molar-refractivity contribution in [3.05, 3.63) is 40.0 Å². The number of aromatic nitrogens is 1. The van der Waals surface area contributed by atoms with Gasteiger partial charge in [0.2, 0.25) is 0 Å². The molecule has 0 spiro atoms. The number of urea groups is 1. The van der Waals surface area contributed by atoms with E-state index in [1.807, 2.05) is 17.5 Å². The minimum Gasteiger partial charge on any atom is -0.386 e. The number of carbonyl (C=O) groups excluding carboxylic acids is 1. The van der Waals surface area contributed by atoms with Gasteiger partial charge in [0.25, 0.3) is 0 Å². The average molecular weight is 405 g/mol. The summed E-state index contributed by atoms with van der Waals surface area (Å²) >= 11 is 1.41. The summed E-state index contributed by atoms with van der Waals surface area (Å²) in [5, 5.41) is 21.0. The molecule has 0 aromatic carbocycles. The highest BCUT2D eigenvalue weighted by Crippen LogP contribution is 2.41. The van der Waals surface area contributed by atoms with Gasteiger partial charge in [-0.05, 0) is 74.6 Å². The van der Waals surface area contributed by atoms with Crippen LogP contribution >= 0.6 is 11.3 Å². The second-order valence-electron chi connectivity index (χ2n) is 7.70. The molecule has 1 atom stereocenters. The number of nitrogens with zero attached hydrogens (tertiary/aromatic N) is 2. The van der Waals surface area contributed by atoms with Gasteiger partial charge in [-0.3, -0.25) is 10.1 Å². The van der Waals surface area contributed by atoms with E-state index in [2.05, 4.69) is 9.68 Å². The fraction of sp³-hybridized carbons (Fsp3) is 0.474. The number of thiophene rings is 1. The van der Waals surface area contributed by atoms with E-state index in [4.69, 9.17) is 10.1 Å². The number of fused-ring (bicyclic) bond motifs is 1. The number of amides is 2. The van der Waals surface area contributed by atoms with Crippen molar-refractivity contribution in [1.29, 1.82) is 0 Å². The van der Waals surface area contributed by atoms with Crippen LogP contribution in [0.3, 0.4) is 0 Å². The van der Waals surface area contributed by atoms with Gasteiger partial charge in [-0.25, -0.2) is 4.79 Å². The third-order valence-corrected chi connectivity index (χ3v) is 7.39. The maximum absolute atomic E-state index is 12.5. The number of nitrogens with two attached hydrogens (primary N) is 1. The molecular formula is C19H24N4O2S2. The Balaban J connectivity index is 1.54. The fourth-order valence-corrected chi connectivity index (χ4v) is 5.29. The Labute approximate surface area is 165 Å². The Morgan fingerprint density at radius 2 is 2.19 bits per heavy atom. The van der Waals surface area contributed by atoms with Crippen molar-refractivity contribution in [3.8, 4) is 0 Å². The van der Waals surface area contributed by atoms with Gasteiger partial charge >= 0.3 is 6.03 Å². The maximum Gasteiger partial charge on any atom is 0.352 e. The van der Waals surface area contributed by atoms with Crippen LogP contribution in [0.2, 0.25) is 0 Å². The molecule has 0 bridgehead atoms. The fourth-order valence-electron chi connectivity index (χ4n) is 3.28. The van der Waals surface area contributed by atoms with Crippen molar-refractivity contribution in [2.45, 2.75) is 61.7 Å². The van der Waals surface area contributed by atoms with Crippen molar-refractivity contribution in [2.75, 3.05) is 5.32 Å². The van der Waals surface area contributed by atoms with Gasteiger partial charge in [0.15, 0.2) is 0 Å². The van der Waals surface area contributed by atoms with Crippen LogP contribution in [0.1, 0.15) is 61.5 Å². The Kier molecular flexibility index (Phi) is 4.92. The van der Waals surface area contributed by atoms with Gasteiger partial charge in [-0.1, -0.05) is 0 Å². The summed E-state index contributed by atoms with van der Waals surface area (Å²) in [6.07, 6.45) is 5.35. The molecule has 0 aliphatic heterocycles. The molecular weight excluding hydrogens is 380 g/mol. The molecule has 1 saturated carbocycles. The van der Waals surface area contributed by atoms with Crippen molar-refractivity contribution >= 4 is 33.9 Å². The lowest BCUT2D eigenvalue weighted by Crippen LogP contribution is -2.15. The van der Waals surface area contributed by atoms with E-state index in [0.717, 1.165) is 51.7 Å². The summed E-state index contributed by atoms with van der Waals surface area (Å²) in [5.41, 5.74) is 4.04. The summed E-state index contributed by atoms with van der Waals surface area (Å²) in [6, 6.07) is 3.41. The molecule has 144 valence electrons. The first-order valence-corrected chi connectivity index (χ1v) is 11.3. The highest BCUT2D eigenvalue weighted by molar-refractivity contribution is 7.87.